The minimum Gasteiger partial charge on any atom is -0.496 e. The highest BCUT2D eigenvalue weighted by molar-refractivity contribution is 6.43. The predicted octanol–water partition coefficient (Wildman–Crippen LogP) is 7.67. The Morgan fingerprint density at radius 1 is 0.700 bits per heavy atom. The Bertz CT molecular complexity index is 951. The lowest BCUT2D eigenvalue weighted by molar-refractivity contribution is 0.309. The van der Waals surface area contributed by atoms with Gasteiger partial charge in [0.25, 0.3) is 0 Å². The Morgan fingerprint density at radius 3 is 1.43 bits per heavy atom. The molecule has 0 aliphatic heterocycles. The maximum absolute atomic E-state index is 6.40. The number of halogens is 2. The third kappa shape index (κ3) is 4.35. The van der Waals surface area contributed by atoms with Crippen LogP contribution in [0.25, 0.3) is 21.5 Å². The topological polar surface area (TPSA) is 36.9 Å². The summed E-state index contributed by atoms with van der Waals surface area (Å²) in [6.45, 7) is 5.42. The second-order valence-electron chi connectivity index (χ2n) is 7.09. The molecule has 6 heteroatoms. The van der Waals surface area contributed by atoms with E-state index < -0.39 is 0 Å². The molecule has 4 nitrogen and oxygen atoms in total. The summed E-state index contributed by atoms with van der Waals surface area (Å²) in [6.07, 6.45) is 3.93. The SMILES string of the molecule is CCCCOc1c2cc(Cl)c(Cl)cc2c(OCCCC)c2c(OC)ccc(OC)c12. The van der Waals surface area contributed by atoms with Gasteiger partial charge in [-0.15, -0.1) is 0 Å². The predicted molar refractivity (Wildman–Crippen MR) is 125 cm³/mol. The van der Waals surface area contributed by atoms with Crippen LogP contribution < -0.4 is 18.9 Å². The number of hydrogen-bond donors (Lipinski definition) is 0. The van der Waals surface area contributed by atoms with Crippen molar-refractivity contribution in [2.45, 2.75) is 39.5 Å². The van der Waals surface area contributed by atoms with Gasteiger partial charge in [0.1, 0.15) is 23.0 Å². The van der Waals surface area contributed by atoms with Gasteiger partial charge < -0.3 is 18.9 Å². The molecule has 3 aromatic rings. The van der Waals surface area contributed by atoms with Crippen LogP contribution in [0.3, 0.4) is 0 Å². The molecule has 0 heterocycles. The lowest BCUT2D eigenvalue weighted by atomic mass is 9.98. The first-order chi connectivity index (χ1) is 14.6. The van der Waals surface area contributed by atoms with Crippen molar-refractivity contribution in [2.24, 2.45) is 0 Å². The summed E-state index contributed by atoms with van der Waals surface area (Å²) in [4.78, 5) is 0. The van der Waals surface area contributed by atoms with Gasteiger partial charge in [-0.2, -0.15) is 0 Å². The number of fused-ring (bicyclic) bond motifs is 2. The van der Waals surface area contributed by atoms with Crippen molar-refractivity contribution in [2.75, 3.05) is 27.4 Å². The Morgan fingerprint density at radius 2 is 1.10 bits per heavy atom. The summed E-state index contributed by atoms with van der Waals surface area (Å²) in [5.41, 5.74) is 0. The van der Waals surface area contributed by atoms with E-state index in [-0.39, 0.29) is 0 Å². The van der Waals surface area contributed by atoms with Crippen LogP contribution in [0.15, 0.2) is 24.3 Å². The second-order valence-corrected chi connectivity index (χ2v) is 7.91. The Balaban J connectivity index is 2.45. The molecule has 0 saturated carbocycles. The van der Waals surface area contributed by atoms with Gasteiger partial charge in [0.15, 0.2) is 0 Å². The van der Waals surface area contributed by atoms with Crippen LogP contribution in [0.5, 0.6) is 23.0 Å². The van der Waals surface area contributed by atoms with E-state index in [9.17, 15) is 0 Å². The smallest absolute Gasteiger partial charge is 0.139 e. The molecule has 162 valence electrons. The number of unbranched alkanes of at least 4 members (excludes halogenated alkanes) is 2. The van der Waals surface area contributed by atoms with E-state index in [1.807, 2.05) is 24.3 Å². The van der Waals surface area contributed by atoms with E-state index in [0.29, 0.717) is 46.3 Å². The van der Waals surface area contributed by atoms with E-state index in [4.69, 9.17) is 42.1 Å². The third-order valence-electron chi connectivity index (χ3n) is 5.06. The number of rotatable bonds is 10. The fraction of sp³-hybridized carbons (Fsp3) is 0.417. The molecule has 3 rings (SSSR count). The van der Waals surface area contributed by atoms with Crippen LogP contribution in [0.1, 0.15) is 39.5 Å². The van der Waals surface area contributed by atoms with Crippen molar-refractivity contribution in [3.8, 4) is 23.0 Å². The molecular formula is C24H28Cl2O4. The zero-order valence-corrected chi connectivity index (χ0v) is 19.5. The lowest BCUT2D eigenvalue weighted by Crippen LogP contribution is -2.04. The van der Waals surface area contributed by atoms with Crippen molar-refractivity contribution >= 4 is 44.7 Å². The molecule has 0 aliphatic carbocycles. The zero-order valence-electron chi connectivity index (χ0n) is 17.9. The van der Waals surface area contributed by atoms with Crippen LogP contribution in [0.4, 0.5) is 0 Å². The van der Waals surface area contributed by atoms with Gasteiger partial charge in [0.2, 0.25) is 0 Å². The maximum Gasteiger partial charge on any atom is 0.139 e. The minimum absolute atomic E-state index is 0.463. The molecular weight excluding hydrogens is 423 g/mol. The Labute approximate surface area is 188 Å². The summed E-state index contributed by atoms with van der Waals surface area (Å²) in [6, 6.07) is 7.44. The largest absolute Gasteiger partial charge is 0.496 e. The highest BCUT2D eigenvalue weighted by atomic mass is 35.5. The van der Waals surface area contributed by atoms with Gasteiger partial charge in [-0.05, 0) is 37.1 Å². The summed E-state index contributed by atoms with van der Waals surface area (Å²) in [5, 5.41) is 4.23. The standard InChI is InChI=1S/C24H28Cl2O4/c1-5-7-11-29-23-15-13-17(25)18(26)14-16(15)24(30-12-8-6-2)22-20(28-4)10-9-19(27-3)21(22)23/h9-10,13-14H,5-8,11-12H2,1-4H3. The number of ether oxygens (including phenoxy) is 4. The van der Waals surface area contributed by atoms with E-state index in [1.165, 1.54) is 0 Å². The molecule has 0 N–H and O–H groups in total. The first-order valence-corrected chi connectivity index (χ1v) is 11.1. The monoisotopic (exact) mass is 450 g/mol. The molecule has 30 heavy (non-hydrogen) atoms. The van der Waals surface area contributed by atoms with Gasteiger partial charge in [-0.1, -0.05) is 49.9 Å². The van der Waals surface area contributed by atoms with Gasteiger partial charge >= 0.3 is 0 Å². The second kappa shape index (κ2) is 10.3. The maximum atomic E-state index is 6.40. The van der Waals surface area contributed by atoms with E-state index >= 15 is 0 Å². The van der Waals surface area contributed by atoms with E-state index in [2.05, 4.69) is 13.8 Å². The molecule has 0 amide bonds. The van der Waals surface area contributed by atoms with Crippen LogP contribution in [0, 0.1) is 0 Å². The van der Waals surface area contributed by atoms with Crippen molar-refractivity contribution < 1.29 is 18.9 Å². The molecule has 0 radical (unpaired) electrons. The molecule has 0 fully saturated rings. The molecule has 0 aromatic heterocycles. The number of methoxy groups -OCH3 is 2. The molecule has 3 aromatic carbocycles. The van der Waals surface area contributed by atoms with Gasteiger partial charge in [0, 0.05) is 10.8 Å². The Kier molecular flexibility index (Phi) is 7.79. The van der Waals surface area contributed by atoms with E-state index in [1.54, 1.807) is 14.2 Å². The van der Waals surface area contributed by atoms with Gasteiger partial charge in [-0.25, -0.2) is 0 Å². The fourth-order valence-electron chi connectivity index (χ4n) is 3.48. The first-order valence-electron chi connectivity index (χ1n) is 10.3. The quantitative estimate of drug-likeness (QED) is 0.234. The van der Waals surface area contributed by atoms with Crippen molar-refractivity contribution in [1.82, 2.24) is 0 Å². The van der Waals surface area contributed by atoms with E-state index in [0.717, 1.165) is 47.2 Å². The van der Waals surface area contributed by atoms with Crippen molar-refractivity contribution in [3.05, 3.63) is 34.3 Å². The van der Waals surface area contributed by atoms with Crippen molar-refractivity contribution in [1.29, 1.82) is 0 Å². The highest BCUT2D eigenvalue weighted by Gasteiger charge is 2.24. The molecule has 0 unspecified atom stereocenters. The summed E-state index contributed by atoms with van der Waals surface area (Å²) < 4.78 is 24.0. The molecule has 0 aliphatic rings. The molecule has 0 spiro atoms. The van der Waals surface area contributed by atoms with Crippen molar-refractivity contribution in [3.63, 3.8) is 0 Å². The van der Waals surface area contributed by atoms with Crippen LogP contribution in [-0.2, 0) is 0 Å². The Hall–Kier alpha value is -2.04. The van der Waals surface area contributed by atoms with Gasteiger partial charge in [-0.3, -0.25) is 0 Å². The average molecular weight is 451 g/mol. The summed E-state index contributed by atoms with van der Waals surface area (Å²) >= 11 is 12.8. The lowest BCUT2D eigenvalue weighted by Gasteiger charge is -2.21. The van der Waals surface area contributed by atoms with Crippen LogP contribution in [-0.4, -0.2) is 27.4 Å². The fourth-order valence-corrected chi connectivity index (χ4v) is 3.81. The third-order valence-corrected chi connectivity index (χ3v) is 5.78. The van der Waals surface area contributed by atoms with Crippen LogP contribution >= 0.6 is 23.2 Å². The molecule has 0 atom stereocenters. The molecule has 0 saturated heterocycles. The highest BCUT2D eigenvalue weighted by Crippen LogP contribution is 2.51. The average Bonchev–Trinajstić information content (AvgIpc) is 2.75. The summed E-state index contributed by atoms with van der Waals surface area (Å²) in [7, 11) is 3.29. The number of hydrogen-bond acceptors (Lipinski definition) is 4. The molecule has 0 bridgehead atoms. The summed E-state index contributed by atoms with van der Waals surface area (Å²) in [5.74, 6) is 2.77. The van der Waals surface area contributed by atoms with Gasteiger partial charge in [0.05, 0.1) is 48.3 Å². The number of benzene rings is 3. The van der Waals surface area contributed by atoms with Crippen LogP contribution in [0.2, 0.25) is 10.0 Å². The minimum atomic E-state index is 0.463. The first kappa shape index (κ1) is 22.6. The zero-order chi connectivity index (χ0) is 21.7. The normalized spacial score (nSPS) is 11.1.